The fraction of sp³-hybridized carbons (Fsp3) is 0.438. The number of carbonyl (C=O) groups is 3. The van der Waals surface area contributed by atoms with Crippen LogP contribution in [0.1, 0.15) is 42.6 Å². The maximum Gasteiger partial charge on any atom is 0.249 e. The van der Waals surface area contributed by atoms with Crippen LogP contribution in [0, 0.1) is 0 Å². The number of nitrogens with zero attached hydrogens (tertiary/aromatic N) is 1. The molecule has 0 bridgehead atoms. The van der Waals surface area contributed by atoms with Crippen molar-refractivity contribution in [2.45, 2.75) is 44.4 Å². The summed E-state index contributed by atoms with van der Waals surface area (Å²) >= 11 is 0. The standard InChI is InChI=1S/C16H18N2O4/c1-16(2)10-4-3-9(8-19)7-12(10)18(15(16)22)11-5-6-13(20)17-14(11)21/h3-4,7-8,11,15,22H,5-6H2,1-2H3,(H,17,20,21). The molecule has 6 heteroatoms. The van der Waals surface area contributed by atoms with Crippen LogP contribution in [-0.4, -0.2) is 35.5 Å². The van der Waals surface area contributed by atoms with Gasteiger partial charge in [-0.3, -0.25) is 19.7 Å². The van der Waals surface area contributed by atoms with Gasteiger partial charge in [0.2, 0.25) is 11.8 Å². The Bertz CT molecular complexity index is 668. The second-order valence-electron chi connectivity index (χ2n) is 6.36. The summed E-state index contributed by atoms with van der Waals surface area (Å²) < 4.78 is 0. The van der Waals surface area contributed by atoms with E-state index in [9.17, 15) is 19.5 Å². The Morgan fingerprint density at radius 1 is 1.36 bits per heavy atom. The lowest BCUT2D eigenvalue weighted by Gasteiger charge is -2.36. The van der Waals surface area contributed by atoms with Gasteiger partial charge in [-0.2, -0.15) is 0 Å². The van der Waals surface area contributed by atoms with E-state index in [0.29, 0.717) is 17.7 Å². The molecular weight excluding hydrogens is 284 g/mol. The molecule has 0 aromatic heterocycles. The molecule has 3 rings (SSSR count). The Labute approximate surface area is 128 Å². The number of rotatable bonds is 2. The van der Waals surface area contributed by atoms with Gasteiger partial charge < -0.3 is 10.0 Å². The first-order valence-electron chi connectivity index (χ1n) is 7.26. The molecule has 2 heterocycles. The largest absolute Gasteiger partial charge is 0.373 e. The van der Waals surface area contributed by atoms with Gasteiger partial charge in [0.15, 0.2) is 0 Å². The number of hydrogen-bond donors (Lipinski definition) is 2. The lowest BCUT2D eigenvalue weighted by molar-refractivity contribution is -0.134. The summed E-state index contributed by atoms with van der Waals surface area (Å²) in [6.07, 6.45) is 0.430. The van der Waals surface area contributed by atoms with Gasteiger partial charge in [0, 0.05) is 23.1 Å². The van der Waals surface area contributed by atoms with Crippen molar-refractivity contribution in [3.63, 3.8) is 0 Å². The van der Waals surface area contributed by atoms with Crippen LogP contribution in [0.15, 0.2) is 18.2 Å². The van der Waals surface area contributed by atoms with Crippen LogP contribution in [-0.2, 0) is 15.0 Å². The van der Waals surface area contributed by atoms with Gasteiger partial charge in [0.1, 0.15) is 18.6 Å². The number of amides is 2. The summed E-state index contributed by atoms with van der Waals surface area (Å²) in [5.74, 6) is -0.702. The van der Waals surface area contributed by atoms with E-state index in [2.05, 4.69) is 5.32 Å². The van der Waals surface area contributed by atoms with Gasteiger partial charge in [-0.05, 0) is 18.1 Å². The fourth-order valence-corrected chi connectivity index (χ4v) is 3.28. The summed E-state index contributed by atoms with van der Waals surface area (Å²) in [5, 5.41) is 13.0. The van der Waals surface area contributed by atoms with E-state index in [1.54, 1.807) is 17.0 Å². The van der Waals surface area contributed by atoms with E-state index in [1.165, 1.54) is 0 Å². The fourth-order valence-electron chi connectivity index (χ4n) is 3.28. The number of imide groups is 1. The number of benzene rings is 1. The van der Waals surface area contributed by atoms with Gasteiger partial charge in [0.25, 0.3) is 0 Å². The molecule has 2 aliphatic heterocycles. The Balaban J connectivity index is 2.07. The summed E-state index contributed by atoms with van der Waals surface area (Å²) in [6, 6.07) is 4.59. The van der Waals surface area contributed by atoms with Crippen LogP contribution in [0.4, 0.5) is 5.69 Å². The Kier molecular flexibility index (Phi) is 3.29. The lowest BCUT2D eigenvalue weighted by atomic mass is 9.85. The van der Waals surface area contributed by atoms with Crippen molar-refractivity contribution in [3.05, 3.63) is 29.3 Å². The van der Waals surface area contributed by atoms with E-state index >= 15 is 0 Å². The van der Waals surface area contributed by atoms with Crippen LogP contribution in [0.25, 0.3) is 0 Å². The van der Waals surface area contributed by atoms with Crippen molar-refractivity contribution < 1.29 is 19.5 Å². The molecule has 0 saturated carbocycles. The van der Waals surface area contributed by atoms with Gasteiger partial charge in [0.05, 0.1) is 0 Å². The van der Waals surface area contributed by atoms with Gasteiger partial charge in [-0.25, -0.2) is 0 Å². The van der Waals surface area contributed by atoms with Crippen molar-refractivity contribution in [3.8, 4) is 0 Å². The second kappa shape index (κ2) is 4.91. The van der Waals surface area contributed by atoms with Crippen LogP contribution in [0.2, 0.25) is 0 Å². The highest BCUT2D eigenvalue weighted by Gasteiger charge is 2.48. The molecule has 1 aromatic rings. The van der Waals surface area contributed by atoms with Crippen LogP contribution >= 0.6 is 0 Å². The zero-order valence-electron chi connectivity index (χ0n) is 12.5. The molecule has 2 N–H and O–H groups in total. The molecule has 1 fully saturated rings. The third-order valence-corrected chi connectivity index (χ3v) is 4.59. The first-order chi connectivity index (χ1) is 10.4. The number of aliphatic hydroxyl groups is 1. The van der Waals surface area contributed by atoms with Crippen molar-refractivity contribution in [2.24, 2.45) is 0 Å². The molecule has 2 amide bonds. The molecule has 1 saturated heterocycles. The number of fused-ring (bicyclic) bond motifs is 1. The monoisotopic (exact) mass is 302 g/mol. The van der Waals surface area contributed by atoms with Gasteiger partial charge in [-0.15, -0.1) is 0 Å². The molecule has 2 unspecified atom stereocenters. The molecule has 1 aromatic carbocycles. The normalized spacial score (nSPS) is 26.6. The van der Waals surface area contributed by atoms with Gasteiger partial charge >= 0.3 is 0 Å². The van der Waals surface area contributed by atoms with Crippen molar-refractivity contribution in [1.29, 1.82) is 0 Å². The minimum Gasteiger partial charge on any atom is -0.373 e. The molecular formula is C16H18N2O4. The van der Waals surface area contributed by atoms with E-state index in [0.717, 1.165) is 11.8 Å². The van der Waals surface area contributed by atoms with Crippen LogP contribution in [0.3, 0.4) is 0 Å². The Morgan fingerprint density at radius 3 is 2.73 bits per heavy atom. The molecule has 2 aliphatic rings. The lowest BCUT2D eigenvalue weighted by Crippen LogP contribution is -2.56. The minimum absolute atomic E-state index is 0.239. The topological polar surface area (TPSA) is 86.7 Å². The van der Waals surface area contributed by atoms with Crippen LogP contribution < -0.4 is 10.2 Å². The Morgan fingerprint density at radius 2 is 2.09 bits per heavy atom. The zero-order chi connectivity index (χ0) is 16.1. The Hall–Kier alpha value is -2.21. The quantitative estimate of drug-likeness (QED) is 0.621. The molecule has 0 spiro atoms. The number of aliphatic hydroxyl groups excluding tert-OH is 1. The SMILES string of the molecule is CC1(C)c2ccc(C=O)cc2N(C2CCC(=O)NC2=O)C1O. The second-order valence-corrected chi connectivity index (χ2v) is 6.36. The molecule has 6 nitrogen and oxygen atoms in total. The van der Waals surface area contributed by atoms with Crippen molar-refractivity contribution in [2.75, 3.05) is 4.90 Å². The van der Waals surface area contributed by atoms with Crippen molar-refractivity contribution in [1.82, 2.24) is 5.32 Å². The van der Waals surface area contributed by atoms with Crippen LogP contribution in [0.5, 0.6) is 0 Å². The van der Waals surface area contributed by atoms with E-state index in [-0.39, 0.29) is 12.3 Å². The predicted molar refractivity (Wildman–Crippen MR) is 79.5 cm³/mol. The number of aldehydes is 1. The maximum absolute atomic E-state index is 12.2. The highest BCUT2D eigenvalue weighted by molar-refractivity contribution is 6.02. The summed E-state index contributed by atoms with van der Waals surface area (Å²) in [5.41, 5.74) is 1.48. The summed E-state index contributed by atoms with van der Waals surface area (Å²) in [4.78, 5) is 36.2. The predicted octanol–water partition coefficient (Wildman–Crippen LogP) is 0.720. The smallest absolute Gasteiger partial charge is 0.249 e. The third-order valence-electron chi connectivity index (χ3n) is 4.59. The highest BCUT2D eigenvalue weighted by Crippen LogP contribution is 2.46. The van der Waals surface area contributed by atoms with Crippen molar-refractivity contribution >= 4 is 23.8 Å². The van der Waals surface area contributed by atoms with E-state index < -0.39 is 23.6 Å². The molecule has 116 valence electrons. The first-order valence-corrected chi connectivity index (χ1v) is 7.26. The number of hydrogen-bond acceptors (Lipinski definition) is 5. The number of carbonyl (C=O) groups excluding carboxylic acids is 3. The minimum atomic E-state index is -0.895. The van der Waals surface area contributed by atoms with E-state index in [1.807, 2.05) is 19.9 Å². The van der Waals surface area contributed by atoms with Gasteiger partial charge in [-0.1, -0.05) is 26.0 Å². The highest BCUT2D eigenvalue weighted by atomic mass is 16.3. The number of anilines is 1. The average molecular weight is 302 g/mol. The molecule has 0 radical (unpaired) electrons. The number of piperidine rings is 1. The van der Waals surface area contributed by atoms with E-state index in [4.69, 9.17) is 0 Å². The summed E-state index contributed by atoms with van der Waals surface area (Å²) in [7, 11) is 0. The molecule has 22 heavy (non-hydrogen) atoms. The molecule has 2 atom stereocenters. The zero-order valence-corrected chi connectivity index (χ0v) is 12.5. The first kappa shape index (κ1) is 14.7. The average Bonchev–Trinajstić information content (AvgIpc) is 2.67. The third kappa shape index (κ3) is 2.02. The summed E-state index contributed by atoms with van der Waals surface area (Å²) in [6.45, 7) is 3.78. The molecule has 0 aliphatic carbocycles. The maximum atomic E-state index is 12.2. The number of nitrogens with one attached hydrogen (secondary N) is 1.